The first-order valence-corrected chi connectivity index (χ1v) is 5.51. The molecule has 5 nitrogen and oxygen atoms in total. The molecule has 1 atom stereocenters. The van der Waals surface area contributed by atoms with Crippen LogP contribution in [0.4, 0.5) is 5.82 Å². The van der Waals surface area contributed by atoms with E-state index in [1.165, 1.54) is 0 Å². The average molecular weight is 241 g/mol. The van der Waals surface area contributed by atoms with Crippen LogP contribution in [-0.4, -0.2) is 40.4 Å². The van der Waals surface area contributed by atoms with Crippen molar-refractivity contribution >= 4 is 23.3 Å². The highest BCUT2D eigenvalue weighted by Crippen LogP contribution is 2.19. The van der Waals surface area contributed by atoms with Gasteiger partial charge >= 0.3 is 0 Å². The summed E-state index contributed by atoms with van der Waals surface area (Å²) >= 11 is 5.89. The van der Waals surface area contributed by atoms with E-state index in [-0.39, 0.29) is 11.9 Å². The Kier molecular flexibility index (Phi) is 3.24. The molecule has 1 fully saturated rings. The molecule has 0 spiro atoms. The van der Waals surface area contributed by atoms with Crippen molar-refractivity contribution in [3.63, 3.8) is 0 Å². The van der Waals surface area contributed by atoms with Gasteiger partial charge in [-0.3, -0.25) is 4.79 Å². The van der Waals surface area contributed by atoms with Gasteiger partial charge in [-0.05, 0) is 6.42 Å². The molecule has 1 saturated heterocycles. The van der Waals surface area contributed by atoms with Crippen molar-refractivity contribution in [2.45, 2.75) is 18.9 Å². The van der Waals surface area contributed by atoms with Gasteiger partial charge in [-0.25, -0.2) is 9.97 Å². The molecular formula is C10H13ClN4O. The maximum absolute atomic E-state index is 11.3. The van der Waals surface area contributed by atoms with E-state index in [0.29, 0.717) is 23.9 Å². The van der Waals surface area contributed by atoms with Crippen LogP contribution in [0.25, 0.3) is 0 Å². The van der Waals surface area contributed by atoms with Gasteiger partial charge in [-0.1, -0.05) is 11.6 Å². The summed E-state index contributed by atoms with van der Waals surface area (Å²) in [5, 5.41) is 3.56. The molecule has 6 heteroatoms. The molecule has 1 aromatic rings. The first-order chi connectivity index (χ1) is 7.66. The van der Waals surface area contributed by atoms with Gasteiger partial charge in [0, 0.05) is 38.4 Å². The summed E-state index contributed by atoms with van der Waals surface area (Å²) < 4.78 is 0. The van der Waals surface area contributed by atoms with E-state index in [9.17, 15) is 4.79 Å². The number of carbonyl (C=O) groups excluding carboxylic acids is 1. The zero-order valence-electron chi connectivity index (χ0n) is 8.98. The van der Waals surface area contributed by atoms with Gasteiger partial charge in [0.2, 0.25) is 5.91 Å². The van der Waals surface area contributed by atoms with E-state index in [1.54, 1.807) is 24.3 Å². The van der Waals surface area contributed by atoms with Crippen molar-refractivity contribution in [2.24, 2.45) is 0 Å². The summed E-state index contributed by atoms with van der Waals surface area (Å²) in [6.07, 6.45) is 4.50. The Morgan fingerprint density at radius 2 is 2.25 bits per heavy atom. The number of hydrogen-bond acceptors (Lipinski definition) is 4. The van der Waals surface area contributed by atoms with Crippen LogP contribution in [-0.2, 0) is 4.79 Å². The molecule has 86 valence electrons. The van der Waals surface area contributed by atoms with Gasteiger partial charge in [-0.2, -0.15) is 0 Å². The average Bonchev–Trinajstić information content (AvgIpc) is 2.27. The number of piperidine rings is 1. The highest BCUT2D eigenvalue weighted by atomic mass is 35.5. The Morgan fingerprint density at radius 3 is 2.94 bits per heavy atom. The molecule has 0 bridgehead atoms. The van der Waals surface area contributed by atoms with E-state index in [1.807, 2.05) is 0 Å². The number of aromatic nitrogens is 2. The van der Waals surface area contributed by atoms with Crippen molar-refractivity contribution in [3.05, 3.63) is 17.5 Å². The van der Waals surface area contributed by atoms with Crippen molar-refractivity contribution in [3.8, 4) is 0 Å². The van der Waals surface area contributed by atoms with Crippen LogP contribution in [0.5, 0.6) is 0 Å². The Morgan fingerprint density at radius 1 is 1.50 bits per heavy atom. The zero-order valence-corrected chi connectivity index (χ0v) is 9.74. The Bertz CT molecular complexity index is 398. The number of hydrogen-bond donors (Lipinski definition) is 1. The van der Waals surface area contributed by atoms with Crippen LogP contribution in [0.3, 0.4) is 0 Å². The predicted molar refractivity (Wildman–Crippen MR) is 61.3 cm³/mol. The first kappa shape index (κ1) is 11.1. The maximum Gasteiger partial charge on any atom is 0.222 e. The minimum atomic E-state index is 0.184. The molecule has 2 rings (SSSR count). The van der Waals surface area contributed by atoms with Crippen LogP contribution in [0, 0.1) is 0 Å². The van der Waals surface area contributed by atoms with Gasteiger partial charge in [0.25, 0.3) is 0 Å². The summed E-state index contributed by atoms with van der Waals surface area (Å²) in [6.45, 7) is 0.672. The number of rotatable bonds is 2. The summed E-state index contributed by atoms with van der Waals surface area (Å²) in [4.78, 5) is 21.1. The molecule has 1 aliphatic rings. The summed E-state index contributed by atoms with van der Waals surface area (Å²) in [6, 6.07) is 0.192. The van der Waals surface area contributed by atoms with Gasteiger partial charge < -0.3 is 10.2 Å². The number of anilines is 1. The minimum Gasteiger partial charge on any atom is -0.363 e. The van der Waals surface area contributed by atoms with Gasteiger partial charge in [0.15, 0.2) is 11.0 Å². The lowest BCUT2D eigenvalue weighted by atomic mass is 10.1. The topological polar surface area (TPSA) is 58.1 Å². The smallest absolute Gasteiger partial charge is 0.222 e. The fourth-order valence-corrected chi connectivity index (χ4v) is 1.90. The van der Waals surface area contributed by atoms with Crippen LogP contribution >= 0.6 is 11.6 Å². The molecule has 1 amide bonds. The highest BCUT2D eigenvalue weighted by Gasteiger charge is 2.23. The maximum atomic E-state index is 11.3. The Labute approximate surface area is 98.8 Å². The van der Waals surface area contributed by atoms with E-state index in [2.05, 4.69) is 15.3 Å². The lowest BCUT2D eigenvalue weighted by molar-refractivity contribution is -0.132. The number of halogens is 1. The third kappa shape index (κ3) is 2.41. The molecule has 0 aliphatic carbocycles. The number of likely N-dealkylation sites (tertiary alicyclic amines) is 1. The molecule has 16 heavy (non-hydrogen) atoms. The fourth-order valence-electron chi connectivity index (χ4n) is 1.74. The van der Waals surface area contributed by atoms with Gasteiger partial charge in [0.1, 0.15) is 0 Å². The second-order valence-electron chi connectivity index (χ2n) is 3.85. The molecule has 1 N–H and O–H groups in total. The molecule has 0 saturated carbocycles. The van der Waals surface area contributed by atoms with Crippen molar-refractivity contribution in [1.82, 2.24) is 14.9 Å². The van der Waals surface area contributed by atoms with Gasteiger partial charge in [-0.15, -0.1) is 0 Å². The molecule has 1 unspecified atom stereocenters. The number of likely N-dealkylation sites (N-methyl/N-ethyl adjacent to an activating group) is 1. The van der Waals surface area contributed by atoms with Crippen LogP contribution in [0.2, 0.25) is 5.15 Å². The van der Waals surface area contributed by atoms with Crippen LogP contribution < -0.4 is 5.32 Å². The van der Waals surface area contributed by atoms with E-state index >= 15 is 0 Å². The predicted octanol–water partition coefficient (Wildman–Crippen LogP) is 1.16. The number of carbonyl (C=O) groups is 1. The second kappa shape index (κ2) is 4.65. The normalized spacial score (nSPS) is 21.0. The number of nitrogens with one attached hydrogen (secondary N) is 1. The monoisotopic (exact) mass is 240 g/mol. The minimum absolute atomic E-state index is 0.184. The molecule has 0 aromatic carbocycles. The number of nitrogens with zero attached hydrogens (tertiary/aromatic N) is 3. The summed E-state index contributed by atoms with van der Waals surface area (Å²) in [7, 11) is 1.80. The summed E-state index contributed by atoms with van der Waals surface area (Å²) in [5.41, 5.74) is 0. The number of amides is 1. The zero-order chi connectivity index (χ0) is 11.5. The Hall–Kier alpha value is -1.36. The standard InChI is InChI=1S/C10H13ClN4O/c1-15-6-7(2-3-8(15)16)14-10-9(11)12-4-5-13-10/h4-5,7H,2-3,6H2,1H3,(H,13,14). The lowest BCUT2D eigenvalue weighted by Crippen LogP contribution is -2.43. The van der Waals surface area contributed by atoms with Crippen LogP contribution in [0.15, 0.2) is 12.4 Å². The molecule has 1 aromatic heterocycles. The molecular weight excluding hydrogens is 228 g/mol. The largest absolute Gasteiger partial charge is 0.363 e. The quantitative estimate of drug-likeness (QED) is 0.843. The highest BCUT2D eigenvalue weighted by molar-refractivity contribution is 6.31. The lowest BCUT2D eigenvalue weighted by Gasteiger charge is -2.30. The van der Waals surface area contributed by atoms with E-state index in [0.717, 1.165) is 6.42 Å². The molecule has 0 radical (unpaired) electrons. The Balaban J connectivity index is 2.01. The molecule has 1 aliphatic heterocycles. The SMILES string of the molecule is CN1CC(Nc2nccnc2Cl)CCC1=O. The van der Waals surface area contributed by atoms with Crippen molar-refractivity contribution in [2.75, 3.05) is 18.9 Å². The first-order valence-electron chi connectivity index (χ1n) is 5.14. The molecule has 2 heterocycles. The van der Waals surface area contributed by atoms with E-state index in [4.69, 9.17) is 11.6 Å². The second-order valence-corrected chi connectivity index (χ2v) is 4.21. The van der Waals surface area contributed by atoms with E-state index < -0.39 is 0 Å². The van der Waals surface area contributed by atoms with Crippen molar-refractivity contribution in [1.29, 1.82) is 0 Å². The summed E-state index contributed by atoms with van der Waals surface area (Å²) in [5.74, 6) is 0.764. The van der Waals surface area contributed by atoms with Gasteiger partial charge in [0.05, 0.1) is 0 Å². The van der Waals surface area contributed by atoms with Crippen molar-refractivity contribution < 1.29 is 4.79 Å². The van der Waals surface area contributed by atoms with Crippen LogP contribution in [0.1, 0.15) is 12.8 Å². The fraction of sp³-hybridized carbons (Fsp3) is 0.500. The third-order valence-electron chi connectivity index (χ3n) is 2.62. The third-order valence-corrected chi connectivity index (χ3v) is 2.90.